The molecule has 2 N–H and O–H groups in total. The highest BCUT2D eigenvalue weighted by molar-refractivity contribution is 5.47. The predicted molar refractivity (Wildman–Crippen MR) is 149 cm³/mol. The van der Waals surface area contributed by atoms with E-state index in [2.05, 4.69) is 89.7 Å². The van der Waals surface area contributed by atoms with E-state index in [4.69, 9.17) is 15.0 Å². The van der Waals surface area contributed by atoms with E-state index in [0.29, 0.717) is 12.1 Å². The zero-order valence-electron chi connectivity index (χ0n) is 24.6. The monoisotopic (exact) mass is 488 g/mol. The molecule has 0 unspecified atom stereocenters. The van der Waals surface area contributed by atoms with Crippen molar-refractivity contribution in [2.75, 3.05) is 41.9 Å². The van der Waals surface area contributed by atoms with E-state index in [-0.39, 0.29) is 22.2 Å². The van der Waals surface area contributed by atoms with Crippen LogP contribution in [-0.4, -0.2) is 76.4 Å². The lowest BCUT2D eigenvalue weighted by molar-refractivity contribution is 0.158. The standard InChI is InChI=1S/C27H52N8/c1-13-34(19-15-24(3,4)31-25(5,6)16-19)22-28-21(33(11)12)29-23(30-22)35(14-2)20-17-26(7,8)32-27(9,10)18-20/h19-20,31-32H,13-18H2,1-12H3. The number of hydrogen-bond donors (Lipinski definition) is 2. The van der Waals surface area contributed by atoms with Crippen molar-refractivity contribution < 1.29 is 0 Å². The summed E-state index contributed by atoms with van der Waals surface area (Å²) >= 11 is 0. The molecule has 35 heavy (non-hydrogen) atoms. The van der Waals surface area contributed by atoms with Crippen LogP contribution in [0.25, 0.3) is 0 Å². The third-order valence-corrected chi connectivity index (χ3v) is 7.41. The van der Waals surface area contributed by atoms with E-state index in [9.17, 15) is 0 Å². The second kappa shape index (κ2) is 9.66. The molecule has 0 amide bonds. The SMILES string of the molecule is CCN(c1nc(N(C)C)nc(N(CC)C2CC(C)(C)NC(C)(C)C2)n1)C1CC(C)(C)NC(C)(C)C1. The van der Waals surface area contributed by atoms with Gasteiger partial charge in [0.2, 0.25) is 17.8 Å². The number of nitrogens with zero attached hydrogens (tertiary/aromatic N) is 6. The molecule has 2 fully saturated rings. The fourth-order valence-corrected chi connectivity index (χ4v) is 6.90. The quantitative estimate of drug-likeness (QED) is 0.591. The van der Waals surface area contributed by atoms with E-state index < -0.39 is 0 Å². The Labute approximate surface area is 214 Å². The summed E-state index contributed by atoms with van der Waals surface area (Å²) in [7, 11) is 4.03. The van der Waals surface area contributed by atoms with Crippen LogP contribution in [0.5, 0.6) is 0 Å². The zero-order chi connectivity index (χ0) is 26.4. The molecule has 0 aliphatic carbocycles. The second-order valence-corrected chi connectivity index (χ2v) is 13.6. The Hall–Kier alpha value is -1.67. The molecule has 0 atom stereocenters. The van der Waals surface area contributed by atoms with Crippen molar-refractivity contribution in [3.05, 3.63) is 0 Å². The molecule has 0 aromatic carbocycles. The second-order valence-electron chi connectivity index (χ2n) is 13.6. The van der Waals surface area contributed by atoms with Gasteiger partial charge in [0, 0.05) is 61.4 Å². The fourth-order valence-electron chi connectivity index (χ4n) is 6.90. The lowest BCUT2D eigenvalue weighted by Gasteiger charge is -2.50. The van der Waals surface area contributed by atoms with Crippen molar-refractivity contribution in [1.82, 2.24) is 25.6 Å². The number of nitrogens with one attached hydrogen (secondary N) is 2. The first-order chi connectivity index (χ1) is 16.0. The van der Waals surface area contributed by atoms with Gasteiger partial charge in [-0.05, 0) is 94.9 Å². The molecule has 0 bridgehead atoms. The van der Waals surface area contributed by atoms with Crippen molar-refractivity contribution in [1.29, 1.82) is 0 Å². The van der Waals surface area contributed by atoms with Crippen LogP contribution in [0.1, 0.15) is 94.9 Å². The predicted octanol–water partition coefficient (Wildman–Crippen LogP) is 4.21. The summed E-state index contributed by atoms with van der Waals surface area (Å²) in [5.74, 6) is 2.32. The fraction of sp³-hybridized carbons (Fsp3) is 0.889. The molecule has 2 aliphatic rings. The maximum absolute atomic E-state index is 5.16. The van der Waals surface area contributed by atoms with E-state index in [0.717, 1.165) is 56.6 Å². The van der Waals surface area contributed by atoms with Crippen LogP contribution in [-0.2, 0) is 0 Å². The molecule has 0 saturated carbocycles. The zero-order valence-corrected chi connectivity index (χ0v) is 24.6. The molecule has 3 heterocycles. The molecule has 2 saturated heterocycles. The summed E-state index contributed by atoms with van der Waals surface area (Å²) in [6, 6.07) is 0.728. The lowest BCUT2D eigenvalue weighted by Crippen LogP contribution is -2.62. The van der Waals surface area contributed by atoms with Gasteiger partial charge in [0.15, 0.2) is 0 Å². The summed E-state index contributed by atoms with van der Waals surface area (Å²) in [4.78, 5) is 21.9. The molecule has 0 radical (unpaired) electrons. The van der Waals surface area contributed by atoms with Gasteiger partial charge in [0.1, 0.15) is 0 Å². The number of piperidine rings is 2. The first kappa shape index (κ1) is 27.9. The highest BCUT2D eigenvalue weighted by atomic mass is 15.4. The van der Waals surface area contributed by atoms with Crippen LogP contribution < -0.4 is 25.3 Å². The van der Waals surface area contributed by atoms with E-state index in [1.807, 2.05) is 19.0 Å². The number of hydrogen-bond acceptors (Lipinski definition) is 8. The van der Waals surface area contributed by atoms with Crippen LogP contribution in [0.2, 0.25) is 0 Å². The Morgan fingerprint density at radius 1 is 0.600 bits per heavy atom. The van der Waals surface area contributed by atoms with E-state index >= 15 is 0 Å². The van der Waals surface area contributed by atoms with E-state index in [1.165, 1.54) is 0 Å². The van der Waals surface area contributed by atoms with Gasteiger partial charge in [-0.1, -0.05) is 0 Å². The highest BCUT2D eigenvalue weighted by Gasteiger charge is 2.42. The molecular formula is C27H52N8. The average molecular weight is 489 g/mol. The molecule has 2 aliphatic heterocycles. The van der Waals surface area contributed by atoms with Crippen LogP contribution in [0.15, 0.2) is 0 Å². The Balaban J connectivity index is 2.03. The minimum Gasteiger partial charge on any atom is -0.347 e. The summed E-state index contributed by atoms with van der Waals surface area (Å²) < 4.78 is 0. The minimum absolute atomic E-state index is 0.0573. The van der Waals surface area contributed by atoms with Gasteiger partial charge in [-0.3, -0.25) is 0 Å². The van der Waals surface area contributed by atoms with Crippen molar-refractivity contribution in [2.45, 2.75) is 129 Å². The van der Waals surface area contributed by atoms with Gasteiger partial charge in [-0.15, -0.1) is 0 Å². The average Bonchev–Trinajstić information content (AvgIpc) is 2.64. The molecule has 0 spiro atoms. The van der Waals surface area contributed by atoms with Gasteiger partial charge in [-0.25, -0.2) is 0 Å². The molecule has 8 nitrogen and oxygen atoms in total. The Morgan fingerprint density at radius 3 is 1.14 bits per heavy atom. The van der Waals surface area contributed by atoms with Gasteiger partial charge < -0.3 is 25.3 Å². The summed E-state index contributed by atoms with van der Waals surface area (Å²) in [6.07, 6.45) is 4.21. The van der Waals surface area contributed by atoms with Crippen LogP contribution in [0.3, 0.4) is 0 Å². The Kier molecular flexibility index (Phi) is 7.70. The molecular weight excluding hydrogens is 436 g/mol. The Morgan fingerprint density at radius 2 is 0.886 bits per heavy atom. The molecule has 8 heteroatoms. The molecule has 1 aromatic rings. The van der Waals surface area contributed by atoms with Crippen molar-refractivity contribution in [2.24, 2.45) is 0 Å². The summed E-state index contributed by atoms with van der Waals surface area (Å²) in [5.41, 5.74) is 0.229. The third kappa shape index (κ3) is 6.76. The van der Waals surface area contributed by atoms with E-state index in [1.54, 1.807) is 0 Å². The van der Waals surface area contributed by atoms with Gasteiger partial charge >= 0.3 is 0 Å². The molecule has 1 aromatic heterocycles. The first-order valence-corrected chi connectivity index (χ1v) is 13.5. The van der Waals surface area contributed by atoms with Crippen molar-refractivity contribution in [3.8, 4) is 0 Å². The maximum atomic E-state index is 5.16. The van der Waals surface area contributed by atoms with Crippen molar-refractivity contribution in [3.63, 3.8) is 0 Å². The maximum Gasteiger partial charge on any atom is 0.232 e. The summed E-state index contributed by atoms with van der Waals surface area (Å²) in [6.45, 7) is 24.6. The number of rotatable bonds is 7. The Bertz CT molecular complexity index is 780. The molecule has 200 valence electrons. The van der Waals surface area contributed by atoms with Crippen LogP contribution in [0, 0.1) is 0 Å². The van der Waals surface area contributed by atoms with Crippen LogP contribution in [0.4, 0.5) is 17.8 Å². The number of aromatic nitrogens is 3. The summed E-state index contributed by atoms with van der Waals surface area (Å²) in [5, 5.41) is 7.63. The molecule has 3 rings (SSSR count). The van der Waals surface area contributed by atoms with Crippen LogP contribution >= 0.6 is 0 Å². The largest absolute Gasteiger partial charge is 0.347 e. The number of anilines is 3. The minimum atomic E-state index is 0.0573. The topological polar surface area (TPSA) is 72.5 Å². The smallest absolute Gasteiger partial charge is 0.232 e. The van der Waals surface area contributed by atoms with Gasteiger partial charge in [-0.2, -0.15) is 15.0 Å². The van der Waals surface area contributed by atoms with Crippen molar-refractivity contribution >= 4 is 17.8 Å². The normalized spacial score (nSPS) is 23.7. The van der Waals surface area contributed by atoms with Gasteiger partial charge in [0.25, 0.3) is 0 Å². The highest BCUT2D eigenvalue weighted by Crippen LogP contribution is 2.36. The third-order valence-electron chi connectivity index (χ3n) is 7.41. The lowest BCUT2D eigenvalue weighted by atomic mass is 9.79. The first-order valence-electron chi connectivity index (χ1n) is 13.5. The van der Waals surface area contributed by atoms with Gasteiger partial charge in [0.05, 0.1) is 0 Å².